The lowest BCUT2D eigenvalue weighted by Crippen LogP contribution is -2.21. The van der Waals surface area contributed by atoms with Crippen LogP contribution in [0.3, 0.4) is 0 Å². The van der Waals surface area contributed by atoms with Crippen molar-refractivity contribution in [3.8, 4) is 0 Å². The summed E-state index contributed by atoms with van der Waals surface area (Å²) in [6.45, 7) is 1.92. The van der Waals surface area contributed by atoms with E-state index in [0.29, 0.717) is 29.4 Å². The van der Waals surface area contributed by atoms with Gasteiger partial charge in [0.25, 0.3) is 5.95 Å². The topological polar surface area (TPSA) is 71.8 Å². The number of allylic oxidation sites excluding steroid dienone is 1. The van der Waals surface area contributed by atoms with Crippen LogP contribution in [0, 0.1) is 5.82 Å². The highest BCUT2D eigenvalue weighted by Crippen LogP contribution is 2.37. The van der Waals surface area contributed by atoms with Gasteiger partial charge in [0, 0.05) is 22.7 Å². The molecule has 0 radical (unpaired) electrons. The second-order valence-corrected chi connectivity index (χ2v) is 7.06. The predicted molar refractivity (Wildman–Crippen MR) is 111 cm³/mol. The molecule has 1 atom stereocenters. The molecule has 6 nitrogen and oxygen atoms in total. The van der Waals surface area contributed by atoms with Crippen molar-refractivity contribution in [1.29, 1.82) is 0 Å². The van der Waals surface area contributed by atoms with Gasteiger partial charge in [-0.15, -0.1) is 5.10 Å². The normalized spacial score (nSPS) is 15.3. The molecule has 1 amide bonds. The van der Waals surface area contributed by atoms with Crippen molar-refractivity contribution in [2.75, 3.05) is 10.6 Å². The van der Waals surface area contributed by atoms with Crippen LogP contribution >= 0.6 is 11.6 Å². The van der Waals surface area contributed by atoms with E-state index in [2.05, 4.69) is 20.7 Å². The van der Waals surface area contributed by atoms with Gasteiger partial charge in [0.15, 0.2) is 0 Å². The van der Waals surface area contributed by atoms with E-state index in [1.807, 2.05) is 43.3 Å². The molecule has 148 valence electrons. The maximum Gasteiger partial charge on any atom is 0.250 e. The van der Waals surface area contributed by atoms with Crippen LogP contribution in [0.2, 0.25) is 5.02 Å². The number of amides is 1. The summed E-state index contributed by atoms with van der Waals surface area (Å²) < 4.78 is 16.2. The van der Waals surface area contributed by atoms with E-state index < -0.39 is 11.9 Å². The summed E-state index contributed by atoms with van der Waals surface area (Å²) in [5.74, 6) is -0.0631. The molecule has 1 aromatic heterocycles. The van der Waals surface area contributed by atoms with Crippen LogP contribution in [0.5, 0.6) is 0 Å². The molecular weight excluding hydrogens is 393 g/mol. The fraction of sp³-hybridized carbons (Fsp3) is 0.190. The van der Waals surface area contributed by atoms with E-state index in [1.54, 1.807) is 12.1 Å². The van der Waals surface area contributed by atoms with Gasteiger partial charge in [0.1, 0.15) is 11.9 Å². The van der Waals surface area contributed by atoms with E-state index in [1.165, 1.54) is 10.7 Å². The first-order chi connectivity index (χ1) is 14.1. The van der Waals surface area contributed by atoms with Crippen LogP contribution in [0.25, 0.3) is 5.70 Å². The Bertz CT molecular complexity index is 1060. The SMILES string of the molecule is CCCC(=O)Nc1nc2n(n1)C(c1c(F)cccc1Cl)C=C(c1ccccc1)N2. The van der Waals surface area contributed by atoms with Gasteiger partial charge in [0.05, 0.1) is 0 Å². The van der Waals surface area contributed by atoms with Crippen LogP contribution in [-0.2, 0) is 4.79 Å². The molecule has 2 heterocycles. The van der Waals surface area contributed by atoms with Gasteiger partial charge in [-0.05, 0) is 30.2 Å². The first kappa shape index (κ1) is 19.1. The van der Waals surface area contributed by atoms with Crippen molar-refractivity contribution in [3.05, 3.63) is 76.6 Å². The summed E-state index contributed by atoms with van der Waals surface area (Å²) in [6, 6.07) is 13.6. The summed E-state index contributed by atoms with van der Waals surface area (Å²) in [5, 5.41) is 10.6. The minimum Gasteiger partial charge on any atom is -0.324 e. The second-order valence-electron chi connectivity index (χ2n) is 6.65. The average molecular weight is 412 g/mol. The lowest BCUT2D eigenvalue weighted by atomic mass is 10.0. The van der Waals surface area contributed by atoms with Crippen LogP contribution in [0.15, 0.2) is 54.6 Å². The Morgan fingerprint density at radius 2 is 2.03 bits per heavy atom. The number of carbonyl (C=O) groups is 1. The summed E-state index contributed by atoms with van der Waals surface area (Å²) in [4.78, 5) is 16.3. The maximum atomic E-state index is 14.7. The molecule has 1 unspecified atom stereocenters. The van der Waals surface area contributed by atoms with Gasteiger partial charge in [-0.3, -0.25) is 10.1 Å². The molecule has 0 spiro atoms. The number of fused-ring (bicyclic) bond motifs is 1. The highest BCUT2D eigenvalue weighted by Gasteiger charge is 2.29. The van der Waals surface area contributed by atoms with E-state index in [9.17, 15) is 9.18 Å². The van der Waals surface area contributed by atoms with E-state index in [4.69, 9.17) is 11.6 Å². The minimum atomic E-state index is -0.625. The van der Waals surface area contributed by atoms with Crippen molar-refractivity contribution in [2.24, 2.45) is 0 Å². The standard InChI is InChI=1S/C21H19ClFN5O/c1-2-7-18(29)25-20-26-21-24-16(13-8-4-3-5-9-13)12-17(28(21)27-20)19-14(22)10-6-11-15(19)23/h3-6,8-12,17H,2,7H2,1H3,(H2,24,25,26,27,29). The van der Waals surface area contributed by atoms with Gasteiger partial charge in [-0.1, -0.05) is 54.9 Å². The lowest BCUT2D eigenvalue weighted by molar-refractivity contribution is -0.116. The third-order valence-electron chi connectivity index (χ3n) is 4.57. The largest absolute Gasteiger partial charge is 0.324 e. The second kappa shape index (κ2) is 8.05. The molecule has 0 fully saturated rings. The van der Waals surface area contributed by atoms with Gasteiger partial charge in [-0.25, -0.2) is 9.07 Å². The number of hydrogen-bond donors (Lipinski definition) is 2. The fourth-order valence-electron chi connectivity index (χ4n) is 3.25. The van der Waals surface area contributed by atoms with Crippen molar-refractivity contribution in [3.63, 3.8) is 0 Å². The number of hydrogen-bond acceptors (Lipinski definition) is 4. The number of rotatable bonds is 5. The zero-order valence-corrected chi connectivity index (χ0v) is 16.4. The van der Waals surface area contributed by atoms with Crippen LogP contribution in [0.1, 0.15) is 36.9 Å². The van der Waals surface area contributed by atoms with Crippen molar-refractivity contribution >= 4 is 35.1 Å². The molecule has 29 heavy (non-hydrogen) atoms. The first-order valence-electron chi connectivity index (χ1n) is 9.31. The summed E-state index contributed by atoms with van der Waals surface area (Å²) in [5.41, 5.74) is 1.96. The Labute approximate surface area is 172 Å². The number of halogens is 2. The molecule has 0 saturated heterocycles. The van der Waals surface area contributed by atoms with Crippen LogP contribution in [0.4, 0.5) is 16.3 Å². The molecule has 0 saturated carbocycles. The third-order valence-corrected chi connectivity index (χ3v) is 4.90. The van der Waals surface area contributed by atoms with E-state index in [0.717, 1.165) is 11.3 Å². The van der Waals surface area contributed by atoms with Gasteiger partial charge in [0.2, 0.25) is 11.9 Å². The van der Waals surface area contributed by atoms with Crippen molar-refractivity contribution in [1.82, 2.24) is 14.8 Å². The molecule has 0 aliphatic carbocycles. The number of benzene rings is 2. The smallest absolute Gasteiger partial charge is 0.250 e. The first-order valence-corrected chi connectivity index (χ1v) is 9.69. The zero-order chi connectivity index (χ0) is 20.4. The number of anilines is 2. The number of nitrogens with one attached hydrogen (secondary N) is 2. The summed E-state index contributed by atoms with van der Waals surface area (Å²) in [7, 11) is 0. The predicted octanol–water partition coefficient (Wildman–Crippen LogP) is 4.87. The molecule has 4 rings (SSSR count). The highest BCUT2D eigenvalue weighted by atomic mass is 35.5. The molecule has 2 aromatic carbocycles. The summed E-state index contributed by atoms with van der Waals surface area (Å²) in [6.07, 6.45) is 2.93. The Kier molecular flexibility index (Phi) is 5.31. The van der Waals surface area contributed by atoms with Gasteiger partial charge in [-0.2, -0.15) is 4.98 Å². The molecule has 3 aromatic rings. The van der Waals surface area contributed by atoms with Gasteiger partial charge < -0.3 is 5.32 Å². The van der Waals surface area contributed by atoms with Crippen LogP contribution in [-0.4, -0.2) is 20.7 Å². The Morgan fingerprint density at radius 3 is 2.76 bits per heavy atom. The monoisotopic (exact) mass is 411 g/mol. The van der Waals surface area contributed by atoms with Crippen LogP contribution < -0.4 is 10.6 Å². The molecule has 0 bridgehead atoms. The zero-order valence-electron chi connectivity index (χ0n) is 15.7. The van der Waals surface area contributed by atoms with E-state index >= 15 is 0 Å². The van der Waals surface area contributed by atoms with Crippen molar-refractivity contribution < 1.29 is 9.18 Å². The molecular formula is C21H19ClFN5O. The highest BCUT2D eigenvalue weighted by molar-refractivity contribution is 6.31. The average Bonchev–Trinajstić information content (AvgIpc) is 3.11. The quantitative estimate of drug-likeness (QED) is 0.628. The Balaban J connectivity index is 1.80. The van der Waals surface area contributed by atoms with Crippen molar-refractivity contribution in [2.45, 2.75) is 25.8 Å². The molecule has 2 N–H and O–H groups in total. The molecule has 1 aliphatic heterocycles. The van der Waals surface area contributed by atoms with E-state index in [-0.39, 0.29) is 11.9 Å². The van der Waals surface area contributed by atoms with Gasteiger partial charge >= 0.3 is 0 Å². The lowest BCUT2D eigenvalue weighted by Gasteiger charge is -2.25. The molecule has 1 aliphatic rings. The summed E-state index contributed by atoms with van der Waals surface area (Å²) >= 11 is 6.33. The minimum absolute atomic E-state index is 0.158. The Hall–Kier alpha value is -3.19. The number of carbonyl (C=O) groups excluding carboxylic acids is 1. The third kappa shape index (κ3) is 3.86. The Morgan fingerprint density at radius 1 is 1.24 bits per heavy atom. The number of aromatic nitrogens is 3. The fourth-order valence-corrected chi connectivity index (χ4v) is 3.52. The number of nitrogens with zero attached hydrogens (tertiary/aromatic N) is 3. The molecule has 8 heteroatoms. The maximum absolute atomic E-state index is 14.7.